The first-order chi connectivity index (χ1) is 13.6. The van der Waals surface area contributed by atoms with E-state index < -0.39 is 0 Å². The molecular formula is C21H19N3O3S. The number of hydrogen-bond acceptors (Lipinski definition) is 6. The molecule has 4 rings (SSSR count). The molecule has 4 aromatic rings. The molecule has 0 bridgehead atoms. The molecular weight excluding hydrogens is 374 g/mol. The summed E-state index contributed by atoms with van der Waals surface area (Å²) >= 11 is 1.23. The average Bonchev–Trinajstić information content (AvgIpc) is 3.27. The maximum Gasteiger partial charge on any atom is 0.277 e. The Hall–Kier alpha value is -3.06. The number of benzene rings is 2. The van der Waals surface area contributed by atoms with Crippen molar-refractivity contribution in [2.45, 2.75) is 25.7 Å². The fourth-order valence-electron chi connectivity index (χ4n) is 3.04. The maximum absolute atomic E-state index is 12.7. The van der Waals surface area contributed by atoms with Crippen molar-refractivity contribution in [3.63, 3.8) is 0 Å². The number of H-pyrrole nitrogens is 1. The number of nitrogens with one attached hydrogen (secondary N) is 1. The summed E-state index contributed by atoms with van der Waals surface area (Å²) in [6, 6.07) is 15.5. The fraction of sp³-hybridized carbons (Fsp3) is 0.190. The smallest absolute Gasteiger partial charge is 0.277 e. The Morgan fingerprint density at radius 3 is 2.86 bits per heavy atom. The molecule has 142 valence electrons. The molecule has 0 unspecified atom stereocenters. The number of para-hydroxylation sites is 1. The first-order valence-corrected chi connectivity index (χ1v) is 9.84. The van der Waals surface area contributed by atoms with Gasteiger partial charge in [-0.25, -0.2) is 0 Å². The number of nitrogens with zero attached hydrogens (tertiary/aromatic N) is 2. The third-order valence-electron chi connectivity index (χ3n) is 4.30. The lowest BCUT2D eigenvalue weighted by atomic mass is 10.1. The number of ether oxygens (including phenoxy) is 1. The van der Waals surface area contributed by atoms with Gasteiger partial charge in [-0.1, -0.05) is 42.1 Å². The third-order valence-corrected chi connectivity index (χ3v) is 5.12. The molecule has 7 heteroatoms. The van der Waals surface area contributed by atoms with E-state index in [2.05, 4.69) is 15.2 Å². The van der Waals surface area contributed by atoms with E-state index in [0.29, 0.717) is 16.7 Å². The predicted molar refractivity (Wildman–Crippen MR) is 108 cm³/mol. The van der Waals surface area contributed by atoms with Gasteiger partial charge >= 0.3 is 0 Å². The summed E-state index contributed by atoms with van der Waals surface area (Å²) < 4.78 is 11.2. The summed E-state index contributed by atoms with van der Waals surface area (Å²) in [5, 5.41) is 9.26. The lowest BCUT2D eigenvalue weighted by Gasteiger charge is -2.03. The highest BCUT2D eigenvalue weighted by Crippen LogP contribution is 2.25. The topological polar surface area (TPSA) is 81.0 Å². The molecule has 0 saturated heterocycles. The van der Waals surface area contributed by atoms with E-state index >= 15 is 0 Å². The zero-order valence-corrected chi connectivity index (χ0v) is 16.4. The number of aryl methyl sites for hydroxylation is 2. The van der Waals surface area contributed by atoms with Crippen LogP contribution in [0.5, 0.6) is 5.75 Å². The maximum atomic E-state index is 12.7. The first kappa shape index (κ1) is 18.3. The van der Waals surface area contributed by atoms with Gasteiger partial charge in [0.1, 0.15) is 5.75 Å². The molecule has 6 nitrogen and oxygen atoms in total. The lowest BCUT2D eigenvalue weighted by molar-refractivity contribution is 0.102. The van der Waals surface area contributed by atoms with Crippen LogP contribution in [0.25, 0.3) is 10.9 Å². The van der Waals surface area contributed by atoms with Crippen molar-refractivity contribution < 1.29 is 13.9 Å². The second-order valence-corrected chi connectivity index (χ2v) is 7.38. The fourth-order valence-corrected chi connectivity index (χ4v) is 3.69. The number of rotatable bonds is 7. The Morgan fingerprint density at radius 1 is 1.14 bits per heavy atom. The van der Waals surface area contributed by atoms with Crippen LogP contribution in [0.4, 0.5) is 0 Å². The highest BCUT2D eigenvalue weighted by molar-refractivity contribution is 7.99. The third kappa shape index (κ3) is 3.94. The van der Waals surface area contributed by atoms with E-state index in [1.54, 1.807) is 0 Å². The number of carbonyl (C=O) groups is 1. The minimum absolute atomic E-state index is 0.0238. The van der Waals surface area contributed by atoms with Gasteiger partial charge in [-0.2, -0.15) is 0 Å². The Morgan fingerprint density at radius 2 is 2.00 bits per heavy atom. The largest absolute Gasteiger partial charge is 0.484 e. The summed E-state index contributed by atoms with van der Waals surface area (Å²) in [4.78, 5) is 16.0. The number of Topliss-reactive ketones (excluding diaryl/α,β-unsaturated/α-hetero) is 1. The first-order valence-electron chi connectivity index (χ1n) is 8.85. The van der Waals surface area contributed by atoms with Crippen LogP contribution in [0.1, 0.15) is 27.5 Å². The molecule has 1 N–H and O–H groups in total. The van der Waals surface area contributed by atoms with Crippen LogP contribution >= 0.6 is 11.8 Å². The molecule has 0 aliphatic rings. The van der Waals surface area contributed by atoms with Gasteiger partial charge in [0, 0.05) is 22.2 Å². The zero-order chi connectivity index (χ0) is 19.5. The van der Waals surface area contributed by atoms with Crippen molar-refractivity contribution in [3.05, 3.63) is 71.2 Å². The predicted octanol–water partition coefficient (Wildman–Crippen LogP) is 4.72. The molecule has 0 saturated carbocycles. The monoisotopic (exact) mass is 393 g/mol. The molecule has 2 aromatic heterocycles. The highest BCUT2D eigenvalue weighted by Gasteiger charge is 2.17. The van der Waals surface area contributed by atoms with Crippen molar-refractivity contribution >= 4 is 28.4 Å². The molecule has 0 atom stereocenters. The molecule has 0 spiro atoms. The van der Waals surface area contributed by atoms with E-state index in [0.717, 1.165) is 27.9 Å². The Kier molecular flexibility index (Phi) is 5.16. The van der Waals surface area contributed by atoms with Crippen LogP contribution in [0.3, 0.4) is 0 Å². The zero-order valence-electron chi connectivity index (χ0n) is 15.6. The number of aromatic amines is 1. The Balaban J connectivity index is 1.37. The summed E-state index contributed by atoms with van der Waals surface area (Å²) in [5.41, 5.74) is 3.65. The van der Waals surface area contributed by atoms with Crippen LogP contribution in [0.2, 0.25) is 0 Å². The molecule has 2 aromatic carbocycles. The van der Waals surface area contributed by atoms with E-state index in [-0.39, 0.29) is 18.1 Å². The minimum atomic E-state index is 0.0238. The van der Waals surface area contributed by atoms with Gasteiger partial charge in [0.15, 0.2) is 12.4 Å². The highest BCUT2D eigenvalue weighted by atomic mass is 32.2. The molecule has 0 fully saturated rings. The molecule has 0 radical (unpaired) electrons. The van der Waals surface area contributed by atoms with Crippen molar-refractivity contribution in [2.75, 3.05) is 5.75 Å². The lowest BCUT2D eigenvalue weighted by Crippen LogP contribution is -2.03. The van der Waals surface area contributed by atoms with Crippen LogP contribution in [0, 0.1) is 13.8 Å². The van der Waals surface area contributed by atoms with Crippen molar-refractivity contribution in [1.82, 2.24) is 15.2 Å². The minimum Gasteiger partial charge on any atom is -0.484 e. The van der Waals surface area contributed by atoms with Gasteiger partial charge in [-0.3, -0.25) is 4.79 Å². The van der Waals surface area contributed by atoms with Crippen molar-refractivity contribution in [3.8, 4) is 5.75 Å². The molecule has 0 amide bonds. The van der Waals surface area contributed by atoms with Crippen molar-refractivity contribution in [2.24, 2.45) is 0 Å². The molecule has 28 heavy (non-hydrogen) atoms. The standard InChI is InChI=1S/C21H19N3O3S/c1-13-6-5-7-15(10-13)26-11-19-23-24-21(27-19)28-12-18(25)20-14(2)22-17-9-4-3-8-16(17)20/h3-10,22H,11-12H2,1-2H3. The number of carbonyl (C=O) groups excluding carboxylic acids is 1. The summed E-state index contributed by atoms with van der Waals surface area (Å²) in [6.45, 7) is 4.10. The van der Waals surface area contributed by atoms with Crippen LogP contribution in [-0.2, 0) is 6.61 Å². The summed E-state index contributed by atoms with van der Waals surface area (Å²) in [7, 11) is 0. The van der Waals surface area contributed by atoms with Gasteiger partial charge in [-0.05, 0) is 37.6 Å². The van der Waals surface area contributed by atoms with Gasteiger partial charge < -0.3 is 14.1 Å². The summed E-state index contributed by atoms with van der Waals surface area (Å²) in [5.74, 6) is 1.37. The number of ketones is 1. The number of aromatic nitrogens is 3. The molecule has 0 aliphatic carbocycles. The van der Waals surface area contributed by atoms with Gasteiger partial charge in [0.25, 0.3) is 11.1 Å². The molecule has 2 heterocycles. The average molecular weight is 393 g/mol. The van der Waals surface area contributed by atoms with E-state index in [1.165, 1.54) is 11.8 Å². The number of fused-ring (bicyclic) bond motifs is 1. The van der Waals surface area contributed by atoms with E-state index in [4.69, 9.17) is 9.15 Å². The Bertz CT molecular complexity index is 1130. The SMILES string of the molecule is Cc1cccc(OCc2nnc(SCC(=O)c3c(C)[nH]c4ccccc34)o2)c1. The van der Waals surface area contributed by atoms with E-state index in [9.17, 15) is 4.79 Å². The summed E-state index contributed by atoms with van der Waals surface area (Å²) in [6.07, 6.45) is 0. The second kappa shape index (κ2) is 7.90. The number of hydrogen-bond donors (Lipinski definition) is 1. The van der Waals surface area contributed by atoms with Crippen molar-refractivity contribution in [1.29, 1.82) is 0 Å². The van der Waals surface area contributed by atoms with Crippen LogP contribution in [-0.4, -0.2) is 26.7 Å². The van der Waals surface area contributed by atoms with Gasteiger partial charge in [-0.15, -0.1) is 10.2 Å². The Labute approximate surface area is 166 Å². The second-order valence-electron chi connectivity index (χ2n) is 6.45. The van der Waals surface area contributed by atoms with Gasteiger partial charge in [0.05, 0.1) is 5.75 Å². The quantitative estimate of drug-likeness (QED) is 0.361. The van der Waals surface area contributed by atoms with Crippen LogP contribution in [0.15, 0.2) is 58.2 Å². The molecule has 0 aliphatic heterocycles. The number of thioether (sulfide) groups is 1. The van der Waals surface area contributed by atoms with Crippen LogP contribution < -0.4 is 4.74 Å². The normalized spacial score (nSPS) is 11.1. The van der Waals surface area contributed by atoms with Gasteiger partial charge in [0.2, 0.25) is 0 Å². The van der Waals surface area contributed by atoms with E-state index in [1.807, 2.05) is 62.4 Å².